The van der Waals surface area contributed by atoms with Crippen molar-refractivity contribution in [1.29, 1.82) is 0 Å². The Bertz CT molecular complexity index is 1250. The summed E-state index contributed by atoms with van der Waals surface area (Å²) in [6.45, 7) is 8.59. The summed E-state index contributed by atoms with van der Waals surface area (Å²) in [5, 5.41) is 11.6. The number of halogens is 1. The van der Waals surface area contributed by atoms with Gasteiger partial charge in [0.1, 0.15) is 29.2 Å². The third-order valence-electron chi connectivity index (χ3n) is 5.21. The van der Waals surface area contributed by atoms with Crippen molar-refractivity contribution < 1.29 is 9.50 Å². The van der Waals surface area contributed by atoms with Crippen LogP contribution in [0.4, 0.5) is 10.2 Å². The van der Waals surface area contributed by atoms with Gasteiger partial charge < -0.3 is 10.8 Å². The molecule has 1 aromatic carbocycles. The van der Waals surface area contributed by atoms with E-state index in [-0.39, 0.29) is 5.75 Å². The van der Waals surface area contributed by atoms with Crippen LogP contribution in [0.15, 0.2) is 24.5 Å². The van der Waals surface area contributed by atoms with Crippen LogP contribution >= 0.6 is 0 Å². The van der Waals surface area contributed by atoms with E-state index in [4.69, 9.17) is 10.7 Å². The molecule has 0 aliphatic carbocycles. The van der Waals surface area contributed by atoms with Crippen molar-refractivity contribution in [3.05, 3.63) is 46.9 Å². The molecule has 0 fully saturated rings. The topological polar surface area (TPSA) is 89.8 Å². The van der Waals surface area contributed by atoms with Crippen LogP contribution in [-0.4, -0.2) is 24.6 Å². The van der Waals surface area contributed by atoms with Crippen LogP contribution in [0.25, 0.3) is 27.8 Å². The van der Waals surface area contributed by atoms with E-state index in [1.165, 1.54) is 20.2 Å². The number of nitrogens with two attached hydrogens (primary N) is 1. The van der Waals surface area contributed by atoms with Crippen LogP contribution in [-0.2, 0) is 5.67 Å². The molecule has 4 rings (SSSR count). The summed E-state index contributed by atoms with van der Waals surface area (Å²) in [7, 11) is 0. The molecule has 0 amide bonds. The minimum Gasteiger partial charge on any atom is -0.508 e. The number of aromatic nitrogens is 4. The van der Waals surface area contributed by atoms with E-state index >= 15 is 0 Å². The molecule has 3 aromatic heterocycles. The second-order valence-corrected chi connectivity index (χ2v) is 7.63. The van der Waals surface area contributed by atoms with Crippen LogP contribution in [0.5, 0.6) is 5.75 Å². The standard InChI is InChI=1S/C21H22FN5O/c1-10-6-7-15(28)11(2)17(10)27-19-13(16-18(23)24-9-25-20(16)27)8-14(12(3)26-19)21(4,5)22/h6-9,28H,1-5H3,(H2,23,24,25). The number of nitrogen functional groups attached to an aromatic ring is 1. The molecule has 0 saturated heterocycles. The molecule has 0 aliphatic rings. The quantitative estimate of drug-likeness (QED) is 0.539. The number of hydrogen-bond acceptors (Lipinski definition) is 5. The van der Waals surface area contributed by atoms with E-state index in [0.29, 0.717) is 44.7 Å². The number of benzene rings is 1. The maximum Gasteiger partial charge on any atom is 0.152 e. The van der Waals surface area contributed by atoms with Gasteiger partial charge in [0.05, 0.1) is 11.1 Å². The summed E-state index contributed by atoms with van der Waals surface area (Å²) in [6.07, 6.45) is 1.40. The monoisotopic (exact) mass is 379 g/mol. The molecule has 0 unspecified atom stereocenters. The highest BCUT2D eigenvalue weighted by Crippen LogP contribution is 2.39. The van der Waals surface area contributed by atoms with Crippen molar-refractivity contribution in [1.82, 2.24) is 19.5 Å². The zero-order valence-corrected chi connectivity index (χ0v) is 16.5. The van der Waals surface area contributed by atoms with Crippen molar-refractivity contribution in [2.24, 2.45) is 0 Å². The van der Waals surface area contributed by atoms with E-state index in [2.05, 4.69) is 9.97 Å². The number of phenolic OH excluding ortho intramolecular Hbond substituents is 1. The number of rotatable bonds is 2. The predicted octanol–water partition coefficient (Wildman–Crippen LogP) is 4.39. The Hall–Kier alpha value is -3.22. The number of aromatic hydroxyl groups is 1. The molecule has 0 bridgehead atoms. The van der Waals surface area contributed by atoms with Crippen LogP contribution < -0.4 is 5.73 Å². The number of fused-ring (bicyclic) bond motifs is 3. The molecule has 0 spiro atoms. The first-order valence-corrected chi connectivity index (χ1v) is 9.02. The van der Waals surface area contributed by atoms with Crippen LogP contribution in [0.1, 0.15) is 36.2 Å². The molecule has 7 heteroatoms. The number of pyridine rings is 1. The van der Waals surface area contributed by atoms with Gasteiger partial charge >= 0.3 is 0 Å². The minimum atomic E-state index is -1.55. The molecule has 3 heterocycles. The van der Waals surface area contributed by atoms with E-state index < -0.39 is 5.67 Å². The van der Waals surface area contributed by atoms with E-state index in [0.717, 1.165) is 11.3 Å². The zero-order valence-electron chi connectivity index (χ0n) is 16.5. The molecular weight excluding hydrogens is 357 g/mol. The lowest BCUT2D eigenvalue weighted by molar-refractivity contribution is 0.220. The molecule has 0 atom stereocenters. The largest absolute Gasteiger partial charge is 0.508 e. The maximum absolute atomic E-state index is 14.8. The van der Waals surface area contributed by atoms with Crippen molar-refractivity contribution >= 4 is 27.9 Å². The van der Waals surface area contributed by atoms with Gasteiger partial charge in [0, 0.05) is 22.2 Å². The second kappa shape index (κ2) is 5.89. The van der Waals surface area contributed by atoms with Crippen LogP contribution in [0, 0.1) is 20.8 Å². The first-order valence-electron chi connectivity index (χ1n) is 9.02. The van der Waals surface area contributed by atoms with Gasteiger partial charge in [0.25, 0.3) is 0 Å². The molecular formula is C21H22FN5O. The normalized spacial score (nSPS) is 12.2. The average Bonchev–Trinajstić information content (AvgIpc) is 2.92. The highest BCUT2D eigenvalue weighted by Gasteiger charge is 2.27. The number of alkyl halides is 1. The van der Waals surface area contributed by atoms with Gasteiger partial charge in [-0.3, -0.25) is 4.57 Å². The van der Waals surface area contributed by atoms with E-state index in [9.17, 15) is 9.50 Å². The first kappa shape index (κ1) is 18.2. The Morgan fingerprint density at radius 1 is 1.11 bits per heavy atom. The molecule has 6 nitrogen and oxygen atoms in total. The van der Waals surface area contributed by atoms with Gasteiger partial charge in [0.15, 0.2) is 5.65 Å². The molecule has 0 saturated carbocycles. The van der Waals surface area contributed by atoms with E-state index in [1.807, 2.05) is 24.5 Å². The van der Waals surface area contributed by atoms with Gasteiger partial charge in [0.2, 0.25) is 0 Å². The Kier molecular flexibility index (Phi) is 3.82. The summed E-state index contributed by atoms with van der Waals surface area (Å²) < 4.78 is 16.6. The molecule has 0 radical (unpaired) electrons. The maximum atomic E-state index is 14.8. The second-order valence-electron chi connectivity index (χ2n) is 7.63. The lowest BCUT2D eigenvalue weighted by Crippen LogP contribution is -2.12. The molecule has 28 heavy (non-hydrogen) atoms. The average molecular weight is 379 g/mol. The van der Waals surface area contributed by atoms with Gasteiger partial charge in [-0.1, -0.05) is 6.07 Å². The number of anilines is 1. The molecule has 144 valence electrons. The summed E-state index contributed by atoms with van der Waals surface area (Å²) in [5.41, 5.74) is 9.30. The third-order valence-corrected chi connectivity index (χ3v) is 5.21. The summed E-state index contributed by atoms with van der Waals surface area (Å²) >= 11 is 0. The van der Waals surface area contributed by atoms with Crippen molar-refractivity contribution in [2.45, 2.75) is 40.3 Å². The van der Waals surface area contributed by atoms with Crippen molar-refractivity contribution in [3.63, 3.8) is 0 Å². The van der Waals surface area contributed by atoms with Gasteiger partial charge in [-0.2, -0.15) is 0 Å². The number of aryl methyl sites for hydroxylation is 2. The van der Waals surface area contributed by atoms with Crippen LogP contribution in [0.3, 0.4) is 0 Å². The summed E-state index contributed by atoms with van der Waals surface area (Å²) in [4.78, 5) is 13.3. The lowest BCUT2D eigenvalue weighted by Gasteiger charge is -2.18. The lowest BCUT2D eigenvalue weighted by atomic mass is 9.97. The SMILES string of the molecule is Cc1ccc(O)c(C)c1-n1c2nc(C)c(C(C)(C)F)cc2c2c(N)ncnc21. The Labute approximate surface area is 161 Å². The summed E-state index contributed by atoms with van der Waals surface area (Å²) in [6, 6.07) is 5.28. The third kappa shape index (κ3) is 2.50. The Morgan fingerprint density at radius 3 is 2.50 bits per heavy atom. The minimum absolute atomic E-state index is 0.177. The van der Waals surface area contributed by atoms with Gasteiger partial charge in [-0.05, 0) is 52.3 Å². The fourth-order valence-corrected chi connectivity index (χ4v) is 3.85. The smallest absolute Gasteiger partial charge is 0.152 e. The Morgan fingerprint density at radius 2 is 1.82 bits per heavy atom. The van der Waals surface area contributed by atoms with Gasteiger partial charge in [-0.25, -0.2) is 19.3 Å². The predicted molar refractivity (Wildman–Crippen MR) is 109 cm³/mol. The Balaban J connectivity index is 2.26. The van der Waals surface area contributed by atoms with Crippen molar-refractivity contribution in [2.75, 3.05) is 5.73 Å². The molecule has 0 aliphatic heterocycles. The first-order chi connectivity index (χ1) is 13.1. The zero-order chi connectivity index (χ0) is 20.4. The highest BCUT2D eigenvalue weighted by atomic mass is 19.1. The van der Waals surface area contributed by atoms with Gasteiger partial charge in [-0.15, -0.1) is 0 Å². The highest BCUT2D eigenvalue weighted by molar-refractivity contribution is 6.11. The summed E-state index contributed by atoms with van der Waals surface area (Å²) in [5.74, 6) is 0.480. The van der Waals surface area contributed by atoms with Crippen molar-refractivity contribution in [3.8, 4) is 11.4 Å². The number of nitrogens with zero attached hydrogens (tertiary/aromatic N) is 4. The van der Waals surface area contributed by atoms with Crippen LogP contribution in [0.2, 0.25) is 0 Å². The van der Waals surface area contributed by atoms with E-state index in [1.54, 1.807) is 19.1 Å². The fourth-order valence-electron chi connectivity index (χ4n) is 3.85. The number of phenols is 1. The number of hydrogen-bond donors (Lipinski definition) is 2. The fraction of sp³-hybridized carbons (Fsp3) is 0.286. The molecule has 3 N–H and O–H groups in total. The molecule has 4 aromatic rings.